The number of hydrogen-bond donors (Lipinski definition) is 0. The predicted molar refractivity (Wildman–Crippen MR) is 270 cm³/mol. The summed E-state index contributed by atoms with van der Waals surface area (Å²) >= 11 is 0. The predicted octanol–water partition coefficient (Wildman–Crippen LogP) is 17.4. The first kappa shape index (κ1) is 59.9. The molecule has 362 valence electrons. The zero-order valence-electron chi connectivity index (χ0n) is 41.3. The van der Waals surface area contributed by atoms with E-state index in [0.29, 0.717) is 19.3 Å². The molecule has 0 aliphatic rings. The number of rotatable bonds is 47. The fourth-order valence-electron chi connectivity index (χ4n) is 7.23. The van der Waals surface area contributed by atoms with Gasteiger partial charge in [0.2, 0.25) is 0 Å². The van der Waals surface area contributed by atoms with E-state index in [-0.39, 0.29) is 31.1 Å². The highest BCUT2D eigenvalue weighted by atomic mass is 16.6. The first-order valence-electron chi connectivity index (χ1n) is 26.4. The second-order valence-corrected chi connectivity index (χ2v) is 17.4. The molecule has 6 heteroatoms. The molecule has 0 spiro atoms. The van der Waals surface area contributed by atoms with E-state index in [1.807, 2.05) is 0 Å². The van der Waals surface area contributed by atoms with Crippen molar-refractivity contribution < 1.29 is 28.6 Å². The highest BCUT2D eigenvalue weighted by Gasteiger charge is 2.19. The van der Waals surface area contributed by atoms with Gasteiger partial charge >= 0.3 is 17.9 Å². The lowest BCUT2D eigenvalue weighted by molar-refractivity contribution is -0.167. The lowest BCUT2D eigenvalue weighted by Crippen LogP contribution is -2.30. The largest absolute Gasteiger partial charge is 0.462 e. The Kier molecular flexibility index (Phi) is 48.9. The molecule has 0 radical (unpaired) electrons. The molecule has 6 nitrogen and oxygen atoms in total. The molecule has 0 saturated heterocycles. The average Bonchev–Trinajstić information content (AvgIpc) is 3.28. The molecule has 0 aliphatic carbocycles. The van der Waals surface area contributed by atoms with Crippen molar-refractivity contribution in [1.82, 2.24) is 0 Å². The van der Waals surface area contributed by atoms with Crippen LogP contribution in [0.2, 0.25) is 0 Å². The monoisotopic (exact) mass is 879 g/mol. The second kappa shape index (κ2) is 51.5. The van der Waals surface area contributed by atoms with Crippen LogP contribution >= 0.6 is 0 Å². The molecule has 0 aliphatic heterocycles. The van der Waals surface area contributed by atoms with E-state index in [2.05, 4.69) is 93.7 Å². The van der Waals surface area contributed by atoms with Crippen LogP contribution in [-0.4, -0.2) is 37.2 Å². The molecule has 0 aromatic carbocycles. The highest BCUT2D eigenvalue weighted by Crippen LogP contribution is 2.14. The maximum atomic E-state index is 12.7. The van der Waals surface area contributed by atoms with Gasteiger partial charge < -0.3 is 14.2 Å². The Morgan fingerprint density at radius 3 is 0.968 bits per heavy atom. The first-order valence-corrected chi connectivity index (χ1v) is 26.4. The summed E-state index contributed by atoms with van der Waals surface area (Å²) in [5.41, 5.74) is 0. The van der Waals surface area contributed by atoms with E-state index in [0.717, 1.165) is 116 Å². The molecule has 0 aromatic rings. The Labute approximate surface area is 389 Å². The molecule has 1 atom stereocenters. The zero-order chi connectivity index (χ0) is 45.8. The van der Waals surface area contributed by atoms with Crippen molar-refractivity contribution in [3.8, 4) is 0 Å². The van der Waals surface area contributed by atoms with Crippen LogP contribution in [0.3, 0.4) is 0 Å². The molecule has 0 heterocycles. The summed E-state index contributed by atoms with van der Waals surface area (Å²) in [6.45, 7) is 6.41. The molecule has 63 heavy (non-hydrogen) atoms. The zero-order valence-corrected chi connectivity index (χ0v) is 41.3. The van der Waals surface area contributed by atoms with Crippen molar-refractivity contribution in [2.24, 2.45) is 0 Å². The first-order chi connectivity index (χ1) is 31.0. The van der Waals surface area contributed by atoms with Gasteiger partial charge in [0, 0.05) is 19.3 Å². The van der Waals surface area contributed by atoms with Crippen molar-refractivity contribution in [2.45, 2.75) is 258 Å². The van der Waals surface area contributed by atoms with E-state index >= 15 is 0 Å². The van der Waals surface area contributed by atoms with Gasteiger partial charge in [0.1, 0.15) is 13.2 Å². The average molecular weight is 879 g/mol. The second-order valence-electron chi connectivity index (χ2n) is 17.4. The van der Waals surface area contributed by atoms with E-state index in [9.17, 15) is 14.4 Å². The Morgan fingerprint density at radius 1 is 0.333 bits per heavy atom. The Morgan fingerprint density at radius 2 is 0.619 bits per heavy atom. The van der Waals surface area contributed by atoms with Crippen molar-refractivity contribution in [1.29, 1.82) is 0 Å². The van der Waals surface area contributed by atoms with Gasteiger partial charge in [0.05, 0.1) is 0 Å². The number of carbonyl (C=O) groups is 3. The topological polar surface area (TPSA) is 78.9 Å². The Hall–Kier alpha value is -3.15. The summed E-state index contributed by atoms with van der Waals surface area (Å²) in [5.74, 6) is -0.918. The van der Waals surface area contributed by atoms with Gasteiger partial charge in [0.25, 0.3) is 0 Å². The summed E-state index contributed by atoms with van der Waals surface area (Å²) in [5, 5.41) is 0. The standard InChI is InChI=1S/C57H98O6/c1-4-7-10-13-15-17-19-21-23-24-25-26-27-28-29-30-31-32-34-35-37-39-41-44-47-50-56(59)62-53-54(52-61-55(58)49-46-43-12-9-6-3)63-57(60)51-48-45-42-40-38-36-33-22-20-18-16-14-11-8-5-2/h8,11,16,18-19,21-22,24-25,27-28,33,54H,4-7,9-10,12-15,17,20,23,26,29-32,34-53H2,1-3H3/b11-8-,18-16-,21-19-,25-24-,28-27-,33-22-. The van der Waals surface area contributed by atoms with Crippen LogP contribution < -0.4 is 0 Å². The van der Waals surface area contributed by atoms with Gasteiger partial charge in [-0.25, -0.2) is 0 Å². The summed E-state index contributed by atoms with van der Waals surface area (Å²) in [7, 11) is 0. The molecule has 1 unspecified atom stereocenters. The number of hydrogen-bond acceptors (Lipinski definition) is 6. The van der Waals surface area contributed by atoms with Crippen molar-refractivity contribution >= 4 is 17.9 Å². The van der Waals surface area contributed by atoms with Gasteiger partial charge in [-0.2, -0.15) is 0 Å². The SMILES string of the molecule is CC/C=C\C/C=C\C/C=C\CCCCCCCC(=O)OC(COC(=O)CCCCCCC)COC(=O)CCCCCCCCCCCC/C=C\C/C=C\C/C=C\CCCCCCC. The summed E-state index contributed by atoms with van der Waals surface area (Å²) in [6, 6.07) is 0. The molecule has 0 bridgehead atoms. The lowest BCUT2D eigenvalue weighted by Gasteiger charge is -2.18. The lowest BCUT2D eigenvalue weighted by atomic mass is 10.1. The smallest absolute Gasteiger partial charge is 0.306 e. The molecule has 0 saturated carbocycles. The minimum absolute atomic E-state index is 0.0846. The minimum Gasteiger partial charge on any atom is -0.462 e. The van der Waals surface area contributed by atoms with Gasteiger partial charge in [0.15, 0.2) is 6.10 Å². The maximum Gasteiger partial charge on any atom is 0.306 e. The van der Waals surface area contributed by atoms with Crippen molar-refractivity contribution in [2.75, 3.05) is 13.2 Å². The third-order valence-electron chi connectivity index (χ3n) is 11.2. The van der Waals surface area contributed by atoms with Crippen LogP contribution in [-0.2, 0) is 28.6 Å². The maximum absolute atomic E-state index is 12.7. The van der Waals surface area contributed by atoms with Crippen LogP contribution in [0.5, 0.6) is 0 Å². The molecular weight excluding hydrogens is 781 g/mol. The molecule has 0 N–H and O–H groups in total. The molecule has 0 fully saturated rings. The van der Waals surface area contributed by atoms with Gasteiger partial charge in [-0.15, -0.1) is 0 Å². The molecular formula is C57H98O6. The van der Waals surface area contributed by atoms with E-state index in [1.165, 1.54) is 96.3 Å². The molecule has 0 amide bonds. The van der Waals surface area contributed by atoms with E-state index in [1.54, 1.807) is 0 Å². The minimum atomic E-state index is -0.782. The molecule has 0 rings (SSSR count). The van der Waals surface area contributed by atoms with E-state index < -0.39 is 6.10 Å². The van der Waals surface area contributed by atoms with E-state index in [4.69, 9.17) is 14.2 Å². The Balaban J connectivity index is 4.12. The summed E-state index contributed by atoms with van der Waals surface area (Å²) in [6.07, 6.45) is 65.0. The third-order valence-corrected chi connectivity index (χ3v) is 11.2. The normalized spacial score (nSPS) is 12.6. The quantitative estimate of drug-likeness (QED) is 0.0262. The third kappa shape index (κ3) is 49.7. The fourth-order valence-corrected chi connectivity index (χ4v) is 7.23. The van der Waals surface area contributed by atoms with Crippen LogP contribution in [0.4, 0.5) is 0 Å². The van der Waals surface area contributed by atoms with Crippen LogP contribution in [0.1, 0.15) is 252 Å². The number of allylic oxidation sites excluding steroid dienone is 12. The van der Waals surface area contributed by atoms with Crippen LogP contribution in [0.15, 0.2) is 72.9 Å². The van der Waals surface area contributed by atoms with Gasteiger partial charge in [-0.1, -0.05) is 216 Å². The molecule has 0 aromatic heterocycles. The number of unbranched alkanes of at least 4 members (excludes halogenated alkanes) is 24. The van der Waals surface area contributed by atoms with Gasteiger partial charge in [-0.05, 0) is 89.9 Å². The number of ether oxygens (including phenoxy) is 3. The Bertz CT molecular complexity index is 1190. The number of carbonyl (C=O) groups excluding carboxylic acids is 3. The number of esters is 3. The summed E-state index contributed by atoms with van der Waals surface area (Å²) in [4.78, 5) is 37.7. The fraction of sp³-hybridized carbons (Fsp3) is 0.737. The summed E-state index contributed by atoms with van der Waals surface area (Å²) < 4.78 is 16.7. The van der Waals surface area contributed by atoms with Crippen LogP contribution in [0, 0.1) is 0 Å². The highest BCUT2D eigenvalue weighted by molar-refractivity contribution is 5.71. The van der Waals surface area contributed by atoms with Crippen molar-refractivity contribution in [3.63, 3.8) is 0 Å². The van der Waals surface area contributed by atoms with Gasteiger partial charge in [-0.3, -0.25) is 14.4 Å². The van der Waals surface area contributed by atoms with Crippen molar-refractivity contribution in [3.05, 3.63) is 72.9 Å². The van der Waals surface area contributed by atoms with Crippen LogP contribution in [0.25, 0.3) is 0 Å².